The monoisotopic (exact) mass is 443 g/mol. The van der Waals surface area contributed by atoms with E-state index in [1.54, 1.807) is 12.1 Å². The predicted octanol–water partition coefficient (Wildman–Crippen LogP) is 5.85. The van der Waals surface area contributed by atoms with Gasteiger partial charge in [0.1, 0.15) is 0 Å². The van der Waals surface area contributed by atoms with E-state index in [-0.39, 0.29) is 24.0 Å². The van der Waals surface area contributed by atoms with E-state index < -0.39 is 11.9 Å². The van der Waals surface area contributed by atoms with Crippen molar-refractivity contribution in [1.82, 2.24) is 0 Å². The number of Topliss-reactive ketones (excluding diaryl/α,β-unsaturated/α-hetero) is 1. The number of ketones is 1. The molecule has 0 aliphatic rings. The fourth-order valence-electron chi connectivity index (χ4n) is 3.52. The number of rotatable bonds is 10. The van der Waals surface area contributed by atoms with Crippen LogP contribution in [0.15, 0.2) is 78.9 Å². The van der Waals surface area contributed by atoms with Gasteiger partial charge >= 0.3 is 5.97 Å². The van der Waals surface area contributed by atoms with Crippen LogP contribution in [0.5, 0.6) is 0 Å². The summed E-state index contributed by atoms with van der Waals surface area (Å²) in [4.78, 5) is 36.2. The first-order valence-corrected chi connectivity index (χ1v) is 11.1. The lowest BCUT2D eigenvalue weighted by Crippen LogP contribution is -2.19. The van der Waals surface area contributed by atoms with Crippen LogP contribution in [0.3, 0.4) is 0 Å². The van der Waals surface area contributed by atoms with E-state index in [4.69, 9.17) is 0 Å². The molecule has 0 spiro atoms. The van der Waals surface area contributed by atoms with E-state index in [0.29, 0.717) is 18.4 Å². The van der Waals surface area contributed by atoms with E-state index >= 15 is 0 Å². The van der Waals surface area contributed by atoms with Crippen molar-refractivity contribution in [3.63, 3.8) is 0 Å². The Kier molecular flexibility index (Phi) is 8.14. The Morgan fingerprint density at radius 2 is 1.39 bits per heavy atom. The van der Waals surface area contributed by atoms with Crippen molar-refractivity contribution in [2.45, 2.75) is 33.1 Å². The summed E-state index contributed by atoms with van der Waals surface area (Å²) in [5.74, 6) is -1.96. The summed E-state index contributed by atoms with van der Waals surface area (Å²) in [5.41, 5.74) is 4.20. The zero-order valence-electron chi connectivity index (χ0n) is 19.0. The van der Waals surface area contributed by atoms with Gasteiger partial charge in [0, 0.05) is 23.6 Å². The lowest BCUT2D eigenvalue weighted by Gasteiger charge is -2.12. The zero-order valence-corrected chi connectivity index (χ0v) is 19.0. The molecule has 0 aromatic heterocycles. The maximum absolute atomic E-state index is 12.7. The first-order chi connectivity index (χ1) is 15.8. The van der Waals surface area contributed by atoms with E-state index in [2.05, 4.69) is 5.32 Å². The summed E-state index contributed by atoms with van der Waals surface area (Å²) < 4.78 is 0. The van der Waals surface area contributed by atoms with Crippen LogP contribution in [0.25, 0.3) is 11.1 Å². The van der Waals surface area contributed by atoms with Crippen LogP contribution in [0.1, 0.15) is 42.6 Å². The predicted molar refractivity (Wildman–Crippen MR) is 130 cm³/mol. The topological polar surface area (TPSA) is 83.5 Å². The number of carbonyl (C=O) groups is 3. The van der Waals surface area contributed by atoms with Crippen molar-refractivity contribution in [3.8, 4) is 11.1 Å². The normalized spacial score (nSPS) is 11.7. The third-order valence-electron chi connectivity index (χ3n) is 5.62. The summed E-state index contributed by atoms with van der Waals surface area (Å²) in [5, 5.41) is 12.4. The number of hydrogen-bond donors (Lipinski definition) is 2. The van der Waals surface area contributed by atoms with Crippen molar-refractivity contribution in [2.75, 3.05) is 5.32 Å². The van der Waals surface area contributed by atoms with Crippen LogP contribution < -0.4 is 5.32 Å². The highest BCUT2D eigenvalue weighted by Crippen LogP contribution is 2.24. The molecule has 1 atom stereocenters. The van der Waals surface area contributed by atoms with Crippen molar-refractivity contribution in [2.24, 2.45) is 11.8 Å². The second kappa shape index (κ2) is 11.2. The summed E-state index contributed by atoms with van der Waals surface area (Å²) in [7, 11) is 0. The van der Waals surface area contributed by atoms with Crippen molar-refractivity contribution < 1.29 is 19.5 Å². The minimum atomic E-state index is -0.944. The minimum Gasteiger partial charge on any atom is -0.481 e. The van der Waals surface area contributed by atoms with E-state index in [1.165, 1.54) is 0 Å². The molecule has 33 heavy (non-hydrogen) atoms. The van der Waals surface area contributed by atoms with Crippen LogP contribution in [-0.4, -0.2) is 22.8 Å². The molecule has 0 saturated heterocycles. The Morgan fingerprint density at radius 3 is 1.94 bits per heavy atom. The molecule has 0 fully saturated rings. The molecule has 3 aromatic carbocycles. The standard InChI is InChI=1S/C28H29NO4/c1-19(2)27(31)29-25-16-14-22(15-17-25)21-10-12-23(13-11-21)26(30)18-24(28(32)33)9-8-20-6-4-3-5-7-20/h3-7,10-17,19,24H,8-9,18H2,1-2H3,(H,29,31)(H,32,33). The highest BCUT2D eigenvalue weighted by atomic mass is 16.4. The molecule has 0 aliphatic carbocycles. The van der Waals surface area contributed by atoms with Gasteiger partial charge in [-0.2, -0.15) is 0 Å². The van der Waals surface area contributed by atoms with Crippen LogP contribution in [0, 0.1) is 11.8 Å². The van der Waals surface area contributed by atoms with Crippen molar-refractivity contribution in [1.29, 1.82) is 0 Å². The maximum atomic E-state index is 12.7. The number of carbonyl (C=O) groups excluding carboxylic acids is 2. The molecule has 3 rings (SSSR count). The first-order valence-electron chi connectivity index (χ1n) is 11.1. The SMILES string of the molecule is CC(C)C(=O)Nc1ccc(-c2ccc(C(=O)CC(CCc3ccccc3)C(=O)O)cc2)cc1. The van der Waals surface area contributed by atoms with Gasteiger partial charge in [0.05, 0.1) is 5.92 Å². The number of amides is 1. The Bertz CT molecular complexity index is 1090. The smallest absolute Gasteiger partial charge is 0.306 e. The Labute approximate surface area is 194 Å². The number of anilines is 1. The summed E-state index contributed by atoms with van der Waals surface area (Å²) in [6, 6.07) is 24.4. The van der Waals surface area contributed by atoms with Gasteiger partial charge in [-0.15, -0.1) is 0 Å². The third-order valence-corrected chi connectivity index (χ3v) is 5.62. The second-order valence-corrected chi connectivity index (χ2v) is 8.49. The molecule has 0 bridgehead atoms. The van der Waals surface area contributed by atoms with Gasteiger partial charge in [0.2, 0.25) is 5.91 Å². The molecular formula is C28H29NO4. The average molecular weight is 444 g/mol. The number of hydrogen-bond acceptors (Lipinski definition) is 3. The van der Waals surface area contributed by atoms with E-state index in [1.807, 2.05) is 80.6 Å². The maximum Gasteiger partial charge on any atom is 0.306 e. The molecule has 2 N–H and O–H groups in total. The Morgan fingerprint density at radius 1 is 0.818 bits per heavy atom. The van der Waals surface area contributed by atoms with E-state index in [0.717, 1.165) is 22.4 Å². The molecule has 1 amide bonds. The number of nitrogens with one attached hydrogen (secondary N) is 1. The number of aryl methyl sites for hydroxylation is 1. The lowest BCUT2D eigenvalue weighted by molar-refractivity contribution is -0.141. The molecule has 0 saturated carbocycles. The van der Waals surface area contributed by atoms with Gasteiger partial charge in [-0.05, 0) is 41.7 Å². The summed E-state index contributed by atoms with van der Waals surface area (Å²) >= 11 is 0. The molecule has 5 nitrogen and oxygen atoms in total. The molecule has 5 heteroatoms. The average Bonchev–Trinajstić information content (AvgIpc) is 2.82. The highest BCUT2D eigenvalue weighted by molar-refractivity contribution is 5.98. The molecule has 0 heterocycles. The summed E-state index contributed by atoms with van der Waals surface area (Å²) in [6.45, 7) is 3.68. The lowest BCUT2D eigenvalue weighted by atomic mass is 9.92. The van der Waals surface area contributed by atoms with Crippen LogP contribution in [0.2, 0.25) is 0 Å². The first kappa shape index (κ1) is 23.9. The van der Waals surface area contributed by atoms with Crippen LogP contribution in [-0.2, 0) is 16.0 Å². The summed E-state index contributed by atoms with van der Waals surface area (Å²) in [6.07, 6.45) is 1.02. The van der Waals surface area contributed by atoms with Crippen molar-refractivity contribution >= 4 is 23.3 Å². The highest BCUT2D eigenvalue weighted by Gasteiger charge is 2.22. The van der Waals surface area contributed by atoms with Gasteiger partial charge < -0.3 is 10.4 Å². The fraction of sp³-hybridized carbons (Fsp3) is 0.250. The van der Waals surface area contributed by atoms with Crippen LogP contribution >= 0.6 is 0 Å². The molecule has 0 aliphatic heterocycles. The van der Waals surface area contributed by atoms with E-state index in [9.17, 15) is 19.5 Å². The molecule has 1 unspecified atom stereocenters. The quantitative estimate of drug-likeness (QED) is 0.385. The number of carboxylic acids is 1. The number of aliphatic carboxylic acids is 1. The van der Waals surface area contributed by atoms with Gasteiger partial charge in [0.25, 0.3) is 0 Å². The largest absolute Gasteiger partial charge is 0.481 e. The fourth-order valence-corrected chi connectivity index (χ4v) is 3.52. The number of benzene rings is 3. The Balaban J connectivity index is 1.61. The Hall–Kier alpha value is -3.73. The minimum absolute atomic E-state index is 0.0221. The second-order valence-electron chi connectivity index (χ2n) is 8.49. The van der Waals surface area contributed by atoms with Gasteiger partial charge in [-0.25, -0.2) is 0 Å². The number of carboxylic acid groups (broad SMARTS) is 1. The van der Waals surface area contributed by atoms with Gasteiger partial charge in [0.15, 0.2) is 5.78 Å². The zero-order chi connectivity index (χ0) is 23.8. The molecule has 3 aromatic rings. The van der Waals surface area contributed by atoms with Gasteiger partial charge in [-0.3, -0.25) is 14.4 Å². The van der Waals surface area contributed by atoms with Crippen LogP contribution in [0.4, 0.5) is 5.69 Å². The van der Waals surface area contributed by atoms with Crippen molar-refractivity contribution in [3.05, 3.63) is 90.0 Å². The van der Waals surface area contributed by atoms with Gasteiger partial charge in [-0.1, -0.05) is 80.6 Å². The molecular weight excluding hydrogens is 414 g/mol. The molecule has 170 valence electrons. The third kappa shape index (κ3) is 6.88. The molecule has 0 radical (unpaired) electrons.